The first-order chi connectivity index (χ1) is 20.9. The number of carbonyl (C=O) groups excluding carboxylic acids is 1. The van der Waals surface area contributed by atoms with E-state index >= 15 is 0 Å². The predicted octanol–water partition coefficient (Wildman–Crippen LogP) is -0.352. The Balaban J connectivity index is 1.52. The lowest BCUT2D eigenvalue weighted by atomic mass is 9.81. The molecular formula is C30H38O14. The highest BCUT2D eigenvalue weighted by Crippen LogP contribution is 2.36. The number of rotatable bonds is 10. The van der Waals surface area contributed by atoms with Gasteiger partial charge in [-0.15, -0.1) is 0 Å². The van der Waals surface area contributed by atoms with Crippen LogP contribution in [0.5, 0.6) is 23.0 Å². The SMILES string of the molecule is CC1O[C@@H](C[C@@H]2C(O)[C@H](OCCc3ccc(O)c(O)c3)OC(CO)[C@H]2OC(=O)/C=C/c2ccc(O)c(O)c2)C(O)[C@@H](O)[C@H]1O. The average molecular weight is 623 g/mol. The van der Waals surface area contributed by atoms with Crippen LogP contribution in [-0.4, -0.2) is 120 Å². The highest BCUT2D eigenvalue weighted by atomic mass is 16.7. The summed E-state index contributed by atoms with van der Waals surface area (Å²) in [4.78, 5) is 12.9. The first kappa shape index (κ1) is 33.4. The maximum atomic E-state index is 12.9. The number of aromatic hydroxyl groups is 4. The van der Waals surface area contributed by atoms with Crippen molar-refractivity contribution in [2.75, 3.05) is 13.2 Å². The topological polar surface area (TPSA) is 236 Å². The molecular weight excluding hydrogens is 584 g/mol. The second kappa shape index (κ2) is 14.5. The molecule has 0 amide bonds. The van der Waals surface area contributed by atoms with Gasteiger partial charge in [0.2, 0.25) is 0 Å². The smallest absolute Gasteiger partial charge is 0.331 e. The number of hydrogen-bond acceptors (Lipinski definition) is 14. The van der Waals surface area contributed by atoms with Crippen LogP contribution >= 0.6 is 0 Å². The lowest BCUT2D eigenvalue weighted by Gasteiger charge is -2.46. The van der Waals surface area contributed by atoms with Crippen molar-refractivity contribution in [3.05, 3.63) is 53.6 Å². The summed E-state index contributed by atoms with van der Waals surface area (Å²) >= 11 is 0. The molecule has 2 aliphatic rings. The van der Waals surface area contributed by atoms with Gasteiger partial charge in [-0.1, -0.05) is 12.1 Å². The molecule has 14 nitrogen and oxygen atoms in total. The van der Waals surface area contributed by atoms with Crippen molar-refractivity contribution in [2.24, 2.45) is 5.92 Å². The minimum Gasteiger partial charge on any atom is -0.504 e. The maximum absolute atomic E-state index is 12.9. The number of esters is 1. The van der Waals surface area contributed by atoms with Crippen LogP contribution in [0.25, 0.3) is 6.08 Å². The Hall–Kier alpha value is -3.47. The average Bonchev–Trinajstić information content (AvgIpc) is 2.99. The quantitative estimate of drug-likeness (QED) is 0.0936. The summed E-state index contributed by atoms with van der Waals surface area (Å²) in [6.45, 7) is 0.822. The maximum Gasteiger partial charge on any atom is 0.331 e. The van der Waals surface area contributed by atoms with Gasteiger partial charge >= 0.3 is 5.97 Å². The zero-order chi connectivity index (χ0) is 32.1. The monoisotopic (exact) mass is 622 g/mol. The lowest BCUT2D eigenvalue weighted by molar-refractivity contribution is -0.299. The fourth-order valence-electron chi connectivity index (χ4n) is 5.32. The molecule has 10 atom stereocenters. The predicted molar refractivity (Wildman–Crippen MR) is 150 cm³/mol. The minimum absolute atomic E-state index is 0.0199. The van der Waals surface area contributed by atoms with E-state index in [1.54, 1.807) is 6.07 Å². The molecule has 2 aromatic rings. The second-order valence-electron chi connectivity index (χ2n) is 10.9. The van der Waals surface area contributed by atoms with Crippen LogP contribution in [0.15, 0.2) is 42.5 Å². The van der Waals surface area contributed by atoms with Crippen molar-refractivity contribution in [1.29, 1.82) is 0 Å². The van der Waals surface area contributed by atoms with Gasteiger partial charge in [-0.05, 0) is 61.2 Å². The molecule has 0 bridgehead atoms. The van der Waals surface area contributed by atoms with Crippen molar-refractivity contribution in [3.63, 3.8) is 0 Å². The Kier molecular flexibility index (Phi) is 11.0. The van der Waals surface area contributed by atoms with E-state index in [4.69, 9.17) is 18.9 Å². The van der Waals surface area contributed by atoms with E-state index < -0.39 is 79.4 Å². The van der Waals surface area contributed by atoms with Gasteiger partial charge in [0.25, 0.3) is 0 Å². The molecule has 14 heteroatoms. The molecule has 2 fully saturated rings. The Labute approximate surface area is 252 Å². The number of benzene rings is 2. The third-order valence-corrected chi connectivity index (χ3v) is 7.83. The summed E-state index contributed by atoms with van der Waals surface area (Å²) in [5.41, 5.74) is 0.977. The van der Waals surface area contributed by atoms with Crippen LogP contribution in [0.4, 0.5) is 0 Å². The van der Waals surface area contributed by atoms with E-state index in [1.165, 1.54) is 43.3 Å². The van der Waals surface area contributed by atoms with E-state index in [1.807, 2.05) is 0 Å². The lowest BCUT2D eigenvalue weighted by Crippen LogP contribution is -2.61. The van der Waals surface area contributed by atoms with Gasteiger partial charge in [-0.3, -0.25) is 0 Å². The Morgan fingerprint density at radius 3 is 2.18 bits per heavy atom. The number of carbonyl (C=O) groups is 1. The van der Waals surface area contributed by atoms with Gasteiger partial charge < -0.3 is 64.9 Å². The highest BCUT2D eigenvalue weighted by molar-refractivity contribution is 5.87. The standard InChI is InChI=1S/C30H38O14/c1-14-25(37)28(40)27(39)22(42-14)12-17-26(38)30(41-9-8-16-3-6-19(33)21(35)11-16)43-23(13-31)29(17)44-24(36)7-4-15-2-5-18(32)20(34)10-15/h2-7,10-11,14,17,22-23,25-35,37-40H,8-9,12-13H2,1H3/b7-4+/t14?,17-,22+,23?,25+,26?,27?,28+,29+,30-/m1/s1. The summed E-state index contributed by atoms with van der Waals surface area (Å²) in [7, 11) is 0. The fourth-order valence-corrected chi connectivity index (χ4v) is 5.32. The van der Waals surface area contributed by atoms with Crippen LogP contribution in [0.3, 0.4) is 0 Å². The summed E-state index contributed by atoms with van der Waals surface area (Å²) in [5, 5.41) is 91.0. The van der Waals surface area contributed by atoms with Gasteiger partial charge in [-0.2, -0.15) is 0 Å². The van der Waals surface area contributed by atoms with E-state index in [0.29, 0.717) is 11.1 Å². The zero-order valence-corrected chi connectivity index (χ0v) is 23.8. The molecule has 4 unspecified atom stereocenters. The molecule has 0 radical (unpaired) electrons. The first-order valence-electron chi connectivity index (χ1n) is 14.1. The third-order valence-electron chi connectivity index (χ3n) is 7.83. The second-order valence-corrected chi connectivity index (χ2v) is 10.9. The van der Waals surface area contributed by atoms with E-state index in [9.17, 15) is 50.8 Å². The van der Waals surface area contributed by atoms with Gasteiger partial charge in [0.15, 0.2) is 29.3 Å². The summed E-state index contributed by atoms with van der Waals surface area (Å²) < 4.78 is 22.9. The van der Waals surface area contributed by atoms with Crippen LogP contribution < -0.4 is 0 Å². The molecule has 0 spiro atoms. The molecule has 242 valence electrons. The Bertz CT molecular complexity index is 1300. The molecule has 2 aromatic carbocycles. The largest absolute Gasteiger partial charge is 0.504 e. The number of ether oxygens (including phenoxy) is 4. The molecule has 4 rings (SSSR count). The highest BCUT2D eigenvalue weighted by Gasteiger charge is 2.51. The number of hydrogen-bond donors (Lipinski definition) is 9. The van der Waals surface area contributed by atoms with Crippen LogP contribution in [0.2, 0.25) is 0 Å². The molecule has 2 aliphatic heterocycles. The third kappa shape index (κ3) is 7.78. The molecule has 0 saturated carbocycles. The van der Waals surface area contributed by atoms with Crippen LogP contribution in [0, 0.1) is 5.92 Å². The van der Waals surface area contributed by atoms with E-state index in [-0.39, 0.29) is 36.7 Å². The molecule has 44 heavy (non-hydrogen) atoms. The molecule has 0 aromatic heterocycles. The summed E-state index contributed by atoms with van der Waals surface area (Å²) in [5.74, 6) is -3.31. The van der Waals surface area contributed by atoms with Gasteiger partial charge in [0, 0.05) is 12.0 Å². The number of phenolic OH excluding ortho intramolecular Hbond substituents is 4. The fraction of sp³-hybridized carbons (Fsp3) is 0.500. The Morgan fingerprint density at radius 2 is 1.52 bits per heavy atom. The molecule has 0 aliphatic carbocycles. The van der Waals surface area contributed by atoms with E-state index in [0.717, 1.165) is 6.08 Å². The molecule has 9 N–H and O–H groups in total. The number of aliphatic hydroxyl groups excluding tert-OH is 5. The molecule has 2 heterocycles. The molecule has 2 saturated heterocycles. The minimum atomic E-state index is -1.55. The normalized spacial score (nSPS) is 32.5. The van der Waals surface area contributed by atoms with E-state index in [2.05, 4.69) is 0 Å². The van der Waals surface area contributed by atoms with Crippen LogP contribution in [-0.2, 0) is 30.2 Å². The first-order valence-corrected chi connectivity index (χ1v) is 14.1. The number of phenols is 4. The number of aliphatic hydroxyl groups is 5. The van der Waals surface area contributed by atoms with Crippen molar-refractivity contribution < 1.29 is 69.7 Å². The zero-order valence-electron chi connectivity index (χ0n) is 23.8. The van der Waals surface area contributed by atoms with Crippen molar-refractivity contribution >= 4 is 12.0 Å². The summed E-state index contributed by atoms with van der Waals surface area (Å²) in [6.07, 6.45) is -9.36. The van der Waals surface area contributed by atoms with Crippen molar-refractivity contribution in [1.82, 2.24) is 0 Å². The van der Waals surface area contributed by atoms with Crippen molar-refractivity contribution in [3.8, 4) is 23.0 Å². The van der Waals surface area contributed by atoms with Gasteiger partial charge in [0.05, 0.1) is 25.4 Å². The Morgan fingerprint density at radius 1 is 0.841 bits per heavy atom. The van der Waals surface area contributed by atoms with Crippen molar-refractivity contribution in [2.45, 2.75) is 74.9 Å². The van der Waals surface area contributed by atoms with Crippen LogP contribution in [0.1, 0.15) is 24.5 Å². The van der Waals surface area contributed by atoms with Gasteiger partial charge in [0.1, 0.15) is 36.6 Å². The summed E-state index contributed by atoms with van der Waals surface area (Å²) in [6, 6.07) is 8.12. The van der Waals surface area contributed by atoms with Gasteiger partial charge in [-0.25, -0.2) is 4.79 Å².